The van der Waals surface area contributed by atoms with Crippen LogP contribution in [-0.2, 0) is 0 Å². The first kappa shape index (κ1) is 12.2. The van der Waals surface area contributed by atoms with E-state index < -0.39 is 10.8 Å². The number of nitrogens with zero attached hydrogens (tertiary/aromatic N) is 1. The van der Waals surface area contributed by atoms with Gasteiger partial charge in [-0.3, -0.25) is 10.1 Å². The summed E-state index contributed by atoms with van der Waals surface area (Å²) in [6.07, 6.45) is 0. The fourth-order valence-electron chi connectivity index (χ4n) is 1.24. The third-order valence-electron chi connectivity index (χ3n) is 2.08. The molecule has 0 aliphatic carbocycles. The Balaban J connectivity index is 3.40. The zero-order chi connectivity index (χ0) is 12.3. The Hall–Kier alpha value is -1.91. The monoisotopic (exact) mass is 225 g/mol. The van der Waals surface area contributed by atoms with E-state index in [0.717, 1.165) is 0 Å². The molecule has 1 rings (SSSR count). The zero-order valence-corrected chi connectivity index (χ0v) is 9.28. The fraction of sp³-hybridized carbons (Fsp3) is 0.273. The Morgan fingerprint density at radius 2 is 2.06 bits per heavy atom. The number of nitro benzene ring substituents is 1. The molecule has 4 nitrogen and oxygen atoms in total. The lowest BCUT2D eigenvalue weighted by Crippen LogP contribution is -1.95. The van der Waals surface area contributed by atoms with Crippen molar-refractivity contribution in [2.24, 2.45) is 0 Å². The molecular formula is C11H12FNO3. The van der Waals surface area contributed by atoms with Crippen molar-refractivity contribution < 1.29 is 14.1 Å². The lowest BCUT2D eigenvalue weighted by molar-refractivity contribution is -0.385. The van der Waals surface area contributed by atoms with Crippen molar-refractivity contribution in [3.63, 3.8) is 0 Å². The smallest absolute Gasteiger partial charge is 0.283 e. The molecule has 0 unspecified atom stereocenters. The van der Waals surface area contributed by atoms with Crippen LogP contribution in [0.25, 0.3) is 5.83 Å². The maximum atomic E-state index is 13.6. The van der Waals surface area contributed by atoms with Gasteiger partial charge in [0.2, 0.25) is 0 Å². The van der Waals surface area contributed by atoms with Crippen LogP contribution in [0.4, 0.5) is 10.1 Å². The van der Waals surface area contributed by atoms with E-state index in [-0.39, 0.29) is 11.3 Å². The van der Waals surface area contributed by atoms with Crippen molar-refractivity contribution >= 4 is 11.5 Å². The molecule has 0 atom stereocenters. The maximum Gasteiger partial charge on any atom is 0.283 e. The van der Waals surface area contributed by atoms with E-state index in [2.05, 4.69) is 0 Å². The van der Waals surface area contributed by atoms with Crippen molar-refractivity contribution in [2.75, 3.05) is 7.11 Å². The number of hydrogen-bond acceptors (Lipinski definition) is 3. The molecule has 0 aromatic heterocycles. The quantitative estimate of drug-likeness (QED) is 0.585. The third-order valence-corrected chi connectivity index (χ3v) is 2.08. The first-order valence-corrected chi connectivity index (χ1v) is 4.63. The first-order valence-electron chi connectivity index (χ1n) is 4.63. The predicted molar refractivity (Wildman–Crippen MR) is 59.0 cm³/mol. The molecule has 0 bridgehead atoms. The van der Waals surface area contributed by atoms with Gasteiger partial charge in [-0.05, 0) is 31.6 Å². The van der Waals surface area contributed by atoms with Crippen LogP contribution in [0.2, 0.25) is 0 Å². The van der Waals surface area contributed by atoms with Crippen LogP contribution < -0.4 is 4.74 Å². The second-order valence-corrected chi connectivity index (χ2v) is 3.45. The first-order chi connectivity index (χ1) is 7.47. The Morgan fingerprint density at radius 3 is 2.50 bits per heavy atom. The molecule has 0 saturated heterocycles. The van der Waals surface area contributed by atoms with E-state index in [0.29, 0.717) is 11.3 Å². The van der Waals surface area contributed by atoms with Crippen LogP contribution >= 0.6 is 0 Å². The van der Waals surface area contributed by atoms with Crippen LogP contribution in [-0.4, -0.2) is 12.0 Å². The van der Waals surface area contributed by atoms with Gasteiger partial charge in [0.25, 0.3) is 5.69 Å². The highest BCUT2D eigenvalue weighted by Gasteiger charge is 2.19. The van der Waals surface area contributed by atoms with Crippen molar-refractivity contribution in [3.05, 3.63) is 39.4 Å². The molecule has 0 aliphatic rings. The number of ether oxygens (including phenoxy) is 1. The summed E-state index contributed by atoms with van der Waals surface area (Å²) in [5.74, 6) is -0.244. The van der Waals surface area contributed by atoms with Crippen LogP contribution in [0, 0.1) is 10.1 Å². The molecule has 0 spiro atoms. The standard InChI is InChI=1S/C11H12FNO3/c1-7(2)11(12)9-5-4-8(16-3)6-10(9)13(14)15/h4-6H,1-3H3. The normalized spacial score (nSPS) is 9.75. The Kier molecular flexibility index (Phi) is 3.60. The molecule has 0 amide bonds. The van der Waals surface area contributed by atoms with Crippen LogP contribution in [0.15, 0.2) is 23.8 Å². The maximum absolute atomic E-state index is 13.6. The number of halogens is 1. The van der Waals surface area contributed by atoms with Gasteiger partial charge >= 0.3 is 0 Å². The molecule has 16 heavy (non-hydrogen) atoms. The van der Waals surface area contributed by atoms with E-state index in [9.17, 15) is 14.5 Å². The minimum atomic E-state index is -0.625. The number of nitro groups is 1. The van der Waals surface area contributed by atoms with Gasteiger partial charge in [0.15, 0.2) is 0 Å². The third kappa shape index (κ3) is 2.36. The van der Waals surface area contributed by atoms with Gasteiger partial charge in [-0.1, -0.05) is 0 Å². The molecule has 5 heteroatoms. The summed E-state index contributed by atoms with van der Waals surface area (Å²) < 4.78 is 18.5. The Labute approximate surface area is 92.5 Å². The van der Waals surface area contributed by atoms with Gasteiger partial charge in [0.05, 0.1) is 23.7 Å². The highest BCUT2D eigenvalue weighted by molar-refractivity contribution is 5.70. The van der Waals surface area contributed by atoms with Gasteiger partial charge in [0, 0.05) is 0 Å². The SMILES string of the molecule is COc1ccc(C(F)=C(C)C)c([N+](=O)[O-])c1. The summed E-state index contributed by atoms with van der Waals surface area (Å²) in [4.78, 5) is 10.2. The largest absolute Gasteiger partial charge is 0.497 e. The van der Waals surface area contributed by atoms with Crippen molar-refractivity contribution in [3.8, 4) is 5.75 Å². The molecule has 0 radical (unpaired) electrons. The van der Waals surface area contributed by atoms with Gasteiger partial charge in [-0.2, -0.15) is 0 Å². The molecule has 86 valence electrons. The van der Waals surface area contributed by atoms with Gasteiger partial charge in [0.1, 0.15) is 11.6 Å². The van der Waals surface area contributed by atoms with Crippen LogP contribution in [0.1, 0.15) is 19.4 Å². The van der Waals surface area contributed by atoms with Crippen molar-refractivity contribution in [2.45, 2.75) is 13.8 Å². The molecule has 0 N–H and O–H groups in total. The van der Waals surface area contributed by atoms with Crippen LogP contribution in [0.3, 0.4) is 0 Å². The molecule has 1 aromatic carbocycles. The summed E-state index contributed by atoms with van der Waals surface area (Å²) in [7, 11) is 1.40. The number of allylic oxidation sites excluding steroid dienone is 1. The number of hydrogen-bond donors (Lipinski definition) is 0. The molecule has 0 aliphatic heterocycles. The summed E-state index contributed by atoms with van der Waals surface area (Å²) in [5, 5.41) is 10.8. The van der Waals surface area contributed by atoms with Gasteiger partial charge in [-0.15, -0.1) is 0 Å². The van der Waals surface area contributed by atoms with Gasteiger partial charge < -0.3 is 4.74 Å². The summed E-state index contributed by atoms with van der Waals surface area (Å²) >= 11 is 0. The number of rotatable bonds is 3. The van der Waals surface area contributed by atoms with Crippen molar-refractivity contribution in [1.29, 1.82) is 0 Å². The molecule has 0 fully saturated rings. The van der Waals surface area contributed by atoms with E-state index in [1.54, 1.807) is 13.8 Å². The van der Waals surface area contributed by atoms with Crippen molar-refractivity contribution in [1.82, 2.24) is 0 Å². The Morgan fingerprint density at radius 1 is 1.44 bits per heavy atom. The lowest BCUT2D eigenvalue weighted by atomic mass is 10.1. The summed E-state index contributed by atoms with van der Waals surface area (Å²) in [6.45, 7) is 3.12. The average Bonchev–Trinajstić information content (AvgIpc) is 2.26. The number of benzene rings is 1. The number of methoxy groups -OCH3 is 1. The minimum absolute atomic E-state index is 0.0224. The zero-order valence-electron chi connectivity index (χ0n) is 9.28. The fourth-order valence-corrected chi connectivity index (χ4v) is 1.24. The van der Waals surface area contributed by atoms with E-state index >= 15 is 0 Å². The predicted octanol–water partition coefficient (Wildman–Crippen LogP) is 3.32. The highest BCUT2D eigenvalue weighted by Crippen LogP contribution is 2.32. The molecular weight excluding hydrogens is 213 g/mol. The summed E-state index contributed by atoms with van der Waals surface area (Å²) in [5.41, 5.74) is 0.0807. The second-order valence-electron chi connectivity index (χ2n) is 3.45. The highest BCUT2D eigenvalue weighted by atomic mass is 19.1. The average molecular weight is 225 g/mol. The van der Waals surface area contributed by atoms with E-state index in [1.807, 2.05) is 0 Å². The second kappa shape index (κ2) is 4.74. The summed E-state index contributed by atoms with van der Waals surface area (Å²) in [6, 6.07) is 4.04. The van der Waals surface area contributed by atoms with Crippen LogP contribution in [0.5, 0.6) is 5.75 Å². The Bertz CT molecular complexity index is 451. The molecule has 0 heterocycles. The molecule has 0 saturated carbocycles. The lowest BCUT2D eigenvalue weighted by Gasteiger charge is -2.04. The van der Waals surface area contributed by atoms with Gasteiger partial charge in [-0.25, -0.2) is 4.39 Å². The molecule has 1 aromatic rings. The topological polar surface area (TPSA) is 52.4 Å². The minimum Gasteiger partial charge on any atom is -0.497 e. The van der Waals surface area contributed by atoms with E-state index in [1.165, 1.54) is 25.3 Å². The van der Waals surface area contributed by atoms with E-state index in [4.69, 9.17) is 4.74 Å².